The summed E-state index contributed by atoms with van der Waals surface area (Å²) in [6.45, 7) is 11.5. The summed E-state index contributed by atoms with van der Waals surface area (Å²) in [7, 11) is 0. The van der Waals surface area contributed by atoms with Crippen molar-refractivity contribution < 1.29 is 13.6 Å². The Morgan fingerprint density at radius 3 is 1.74 bits per heavy atom. The molecular formula is C27H28N2O5. The van der Waals surface area contributed by atoms with E-state index in [2.05, 4.69) is 23.6 Å². The average molecular weight is 461 g/mol. The molecule has 2 aromatic heterocycles. The number of carbonyl (C=O) groups is 1. The second-order valence-corrected chi connectivity index (χ2v) is 8.01. The van der Waals surface area contributed by atoms with Crippen LogP contribution < -0.4 is 21.1 Å². The average Bonchev–Trinajstić information content (AvgIpc) is 2.84. The molecule has 2 heterocycles. The molecule has 0 saturated carbocycles. The first-order valence-corrected chi connectivity index (χ1v) is 11.6. The first-order valence-electron chi connectivity index (χ1n) is 11.6. The Labute approximate surface area is 197 Å². The first-order chi connectivity index (χ1) is 16.4. The largest absolute Gasteiger partial charge is 0.422 e. The highest BCUT2D eigenvalue weighted by Gasteiger charge is 2.21. The number of nitrogens with zero attached hydrogens (tertiary/aromatic N) is 2. The van der Waals surface area contributed by atoms with Gasteiger partial charge in [-0.05, 0) is 70.2 Å². The van der Waals surface area contributed by atoms with Crippen molar-refractivity contribution in [1.82, 2.24) is 0 Å². The minimum atomic E-state index is -0.788. The van der Waals surface area contributed by atoms with Gasteiger partial charge in [0.25, 0.3) is 0 Å². The van der Waals surface area contributed by atoms with E-state index in [4.69, 9.17) is 8.83 Å². The maximum atomic E-state index is 13.2. The van der Waals surface area contributed by atoms with Crippen molar-refractivity contribution >= 4 is 39.1 Å². The molecule has 0 radical (unpaired) electrons. The lowest BCUT2D eigenvalue weighted by molar-refractivity contribution is 0.103. The van der Waals surface area contributed by atoms with Gasteiger partial charge in [0, 0.05) is 54.4 Å². The zero-order valence-corrected chi connectivity index (χ0v) is 19.9. The van der Waals surface area contributed by atoms with E-state index in [-0.39, 0.29) is 11.1 Å². The molecule has 2 aromatic carbocycles. The van der Waals surface area contributed by atoms with Crippen LogP contribution in [0.4, 0.5) is 11.4 Å². The number of ketones is 1. The van der Waals surface area contributed by atoms with E-state index in [1.807, 2.05) is 38.1 Å². The normalized spacial score (nSPS) is 11.2. The lowest BCUT2D eigenvalue weighted by Gasteiger charge is -2.21. The van der Waals surface area contributed by atoms with Gasteiger partial charge in [0.1, 0.15) is 22.3 Å². The van der Waals surface area contributed by atoms with Crippen LogP contribution in [0.1, 0.15) is 43.6 Å². The SMILES string of the molecule is CCN(CC)c1ccc2oc(=O)c(C(=O)c3cc4ccc(N(CC)CC)cc4oc3=O)cc2c1. The van der Waals surface area contributed by atoms with Gasteiger partial charge in [0.2, 0.25) is 5.78 Å². The number of fused-ring (bicyclic) bond motifs is 2. The molecular weight excluding hydrogens is 432 g/mol. The quantitative estimate of drug-likeness (QED) is 0.275. The first kappa shape index (κ1) is 23.3. The van der Waals surface area contributed by atoms with Crippen LogP contribution in [-0.2, 0) is 0 Å². The highest BCUT2D eigenvalue weighted by atomic mass is 16.4. The maximum absolute atomic E-state index is 13.2. The molecule has 7 heteroatoms. The molecule has 0 aliphatic heterocycles. The van der Waals surface area contributed by atoms with E-state index in [0.717, 1.165) is 37.6 Å². The third-order valence-corrected chi connectivity index (χ3v) is 6.18. The van der Waals surface area contributed by atoms with Gasteiger partial charge in [-0.15, -0.1) is 0 Å². The Bertz CT molecular complexity index is 1480. The van der Waals surface area contributed by atoms with E-state index >= 15 is 0 Å². The molecule has 4 rings (SSSR count). The molecule has 0 aliphatic carbocycles. The fourth-order valence-corrected chi connectivity index (χ4v) is 4.24. The van der Waals surface area contributed by atoms with E-state index in [1.165, 1.54) is 12.1 Å². The molecule has 0 spiro atoms. The summed E-state index contributed by atoms with van der Waals surface area (Å²) >= 11 is 0. The van der Waals surface area contributed by atoms with Crippen LogP contribution in [-0.4, -0.2) is 32.0 Å². The van der Waals surface area contributed by atoms with Gasteiger partial charge in [-0.3, -0.25) is 4.79 Å². The maximum Gasteiger partial charge on any atom is 0.347 e. The molecule has 7 nitrogen and oxygen atoms in total. The molecule has 0 N–H and O–H groups in total. The summed E-state index contributed by atoms with van der Waals surface area (Å²) in [6.07, 6.45) is 0. The molecule has 0 saturated heterocycles. The number of hydrogen-bond acceptors (Lipinski definition) is 7. The van der Waals surface area contributed by atoms with Crippen LogP contribution in [0, 0.1) is 0 Å². The number of carbonyl (C=O) groups excluding carboxylic acids is 1. The van der Waals surface area contributed by atoms with Crippen LogP contribution >= 0.6 is 0 Å². The van der Waals surface area contributed by atoms with E-state index < -0.39 is 17.0 Å². The lowest BCUT2D eigenvalue weighted by Crippen LogP contribution is -2.22. The molecule has 34 heavy (non-hydrogen) atoms. The van der Waals surface area contributed by atoms with Crippen molar-refractivity contribution in [3.05, 3.63) is 80.5 Å². The zero-order chi connectivity index (χ0) is 24.4. The molecule has 0 aliphatic rings. The zero-order valence-electron chi connectivity index (χ0n) is 19.9. The van der Waals surface area contributed by atoms with Crippen molar-refractivity contribution in [2.24, 2.45) is 0 Å². The van der Waals surface area contributed by atoms with Gasteiger partial charge in [-0.1, -0.05) is 0 Å². The van der Waals surface area contributed by atoms with Gasteiger partial charge in [-0.25, -0.2) is 9.59 Å². The van der Waals surface area contributed by atoms with Crippen LogP contribution in [0.15, 0.2) is 67.0 Å². The Morgan fingerprint density at radius 1 is 0.647 bits per heavy atom. The highest BCUT2D eigenvalue weighted by molar-refractivity contribution is 6.10. The Morgan fingerprint density at radius 2 is 1.15 bits per heavy atom. The summed E-state index contributed by atoms with van der Waals surface area (Å²) in [5.41, 5.74) is 0.686. The third kappa shape index (κ3) is 4.21. The minimum absolute atomic E-state index is 0.199. The van der Waals surface area contributed by atoms with E-state index in [9.17, 15) is 14.4 Å². The van der Waals surface area contributed by atoms with Gasteiger partial charge >= 0.3 is 11.3 Å². The van der Waals surface area contributed by atoms with Crippen molar-refractivity contribution in [1.29, 1.82) is 0 Å². The number of rotatable bonds is 8. The molecule has 0 bridgehead atoms. The lowest BCUT2D eigenvalue weighted by atomic mass is 10.0. The third-order valence-electron chi connectivity index (χ3n) is 6.18. The molecule has 176 valence electrons. The standard InChI is InChI=1S/C27H28N2O5/c1-5-28(6-2)19-11-12-23-18(13-19)15-22(26(31)33-23)25(30)21-14-17-9-10-20(29(7-3)8-4)16-24(17)34-27(21)32/h9-16H,5-8H2,1-4H3. The fraction of sp³-hybridized carbons (Fsp3) is 0.296. The monoisotopic (exact) mass is 460 g/mol. The van der Waals surface area contributed by atoms with Gasteiger partial charge in [-0.2, -0.15) is 0 Å². The molecule has 0 unspecified atom stereocenters. The van der Waals surface area contributed by atoms with Crippen molar-refractivity contribution in [2.75, 3.05) is 36.0 Å². The summed E-state index contributed by atoms with van der Waals surface area (Å²) in [4.78, 5) is 42.8. The van der Waals surface area contributed by atoms with E-state index in [0.29, 0.717) is 21.9 Å². The summed E-state index contributed by atoms with van der Waals surface area (Å²) in [6, 6.07) is 14.0. The predicted octanol–water partition coefficient (Wildman–Crippen LogP) is 4.82. The van der Waals surface area contributed by atoms with Crippen molar-refractivity contribution in [3.8, 4) is 0 Å². The van der Waals surface area contributed by atoms with Crippen LogP contribution in [0.2, 0.25) is 0 Å². The fourth-order valence-electron chi connectivity index (χ4n) is 4.24. The topological polar surface area (TPSA) is 84.0 Å². The highest BCUT2D eigenvalue weighted by Crippen LogP contribution is 2.24. The van der Waals surface area contributed by atoms with E-state index in [1.54, 1.807) is 12.1 Å². The Kier molecular flexibility index (Phi) is 6.54. The number of anilines is 2. The Hall–Kier alpha value is -3.87. The van der Waals surface area contributed by atoms with Crippen LogP contribution in [0.25, 0.3) is 21.9 Å². The van der Waals surface area contributed by atoms with Crippen molar-refractivity contribution in [3.63, 3.8) is 0 Å². The molecule has 4 aromatic rings. The van der Waals surface area contributed by atoms with Gasteiger partial charge in [0.05, 0.1) is 0 Å². The number of hydrogen-bond donors (Lipinski definition) is 0. The Balaban J connectivity index is 1.78. The molecule has 0 amide bonds. The van der Waals surface area contributed by atoms with Crippen LogP contribution in [0.3, 0.4) is 0 Å². The number of benzene rings is 2. The summed E-state index contributed by atoms with van der Waals surface area (Å²) < 4.78 is 10.9. The van der Waals surface area contributed by atoms with Gasteiger partial charge < -0.3 is 18.6 Å². The molecule has 0 fully saturated rings. The summed E-state index contributed by atoms with van der Waals surface area (Å²) in [5, 5.41) is 1.22. The predicted molar refractivity (Wildman–Crippen MR) is 136 cm³/mol. The summed E-state index contributed by atoms with van der Waals surface area (Å²) in [5.74, 6) is -0.715. The van der Waals surface area contributed by atoms with Crippen LogP contribution in [0.5, 0.6) is 0 Å². The van der Waals surface area contributed by atoms with Gasteiger partial charge in [0.15, 0.2) is 0 Å². The van der Waals surface area contributed by atoms with Crippen molar-refractivity contribution in [2.45, 2.75) is 27.7 Å². The molecule has 0 atom stereocenters. The second kappa shape index (κ2) is 9.55. The minimum Gasteiger partial charge on any atom is -0.422 e. The smallest absolute Gasteiger partial charge is 0.347 e. The second-order valence-electron chi connectivity index (χ2n) is 8.01.